The Morgan fingerprint density at radius 1 is 1.06 bits per heavy atom. The molecule has 32 heavy (non-hydrogen) atoms. The minimum absolute atomic E-state index is 0.0450. The molecule has 1 unspecified atom stereocenters. The average molecular weight is 502 g/mol. The van der Waals surface area contributed by atoms with Crippen molar-refractivity contribution in [2.75, 3.05) is 6.54 Å². The van der Waals surface area contributed by atoms with Gasteiger partial charge in [-0.1, -0.05) is 60.0 Å². The maximum absolute atomic E-state index is 13.8. The summed E-state index contributed by atoms with van der Waals surface area (Å²) in [4.78, 5) is 15.5. The average Bonchev–Trinajstić information content (AvgIpc) is 3.34. The molecule has 2 fully saturated rings. The molecule has 0 radical (unpaired) electrons. The third-order valence-corrected chi connectivity index (χ3v) is 7.66. The van der Waals surface area contributed by atoms with Crippen LogP contribution in [0.4, 0.5) is 9.18 Å². The molecule has 1 saturated heterocycles. The fourth-order valence-corrected chi connectivity index (χ4v) is 6.05. The summed E-state index contributed by atoms with van der Waals surface area (Å²) < 4.78 is 20.7. The molecule has 0 spiro atoms. The zero-order valence-corrected chi connectivity index (χ0v) is 21.0. The quantitative estimate of drug-likeness (QED) is 0.437. The number of carbonyl (C=O) groups excluding carboxylic acids is 1. The molecule has 1 amide bonds. The number of nitrogens with zero attached hydrogens (tertiary/aromatic N) is 1. The van der Waals surface area contributed by atoms with Gasteiger partial charge in [0.25, 0.3) is 0 Å². The van der Waals surface area contributed by atoms with Gasteiger partial charge in [-0.25, -0.2) is 9.18 Å². The molecule has 4 rings (SSSR count). The van der Waals surface area contributed by atoms with Gasteiger partial charge in [-0.15, -0.1) is 0 Å². The molecule has 0 bridgehead atoms. The number of likely N-dealkylation sites (tertiary alicyclic amines) is 1. The molecule has 2 aromatic rings. The number of rotatable bonds is 3. The SMILES string of the molecule is CC(C)(C)OC(=O)N1C[C@](C)(c2ccc(F)cc2)[C@H](c2ccc(Br)cc2)C1C1CCCC1. The van der Waals surface area contributed by atoms with Gasteiger partial charge in [0, 0.05) is 28.4 Å². The highest BCUT2D eigenvalue weighted by molar-refractivity contribution is 9.10. The highest BCUT2D eigenvalue weighted by atomic mass is 79.9. The Balaban J connectivity index is 1.84. The van der Waals surface area contributed by atoms with Crippen LogP contribution in [0, 0.1) is 11.7 Å². The number of ether oxygens (including phenoxy) is 1. The van der Waals surface area contributed by atoms with E-state index in [1.54, 1.807) is 0 Å². The van der Waals surface area contributed by atoms with Crippen LogP contribution in [0.15, 0.2) is 53.0 Å². The predicted molar refractivity (Wildman–Crippen MR) is 129 cm³/mol. The summed E-state index contributed by atoms with van der Waals surface area (Å²) in [5.74, 6) is 0.280. The largest absolute Gasteiger partial charge is 0.444 e. The van der Waals surface area contributed by atoms with E-state index in [1.165, 1.54) is 30.5 Å². The van der Waals surface area contributed by atoms with Crippen LogP contribution in [0.3, 0.4) is 0 Å². The van der Waals surface area contributed by atoms with E-state index in [4.69, 9.17) is 4.74 Å². The summed E-state index contributed by atoms with van der Waals surface area (Å²) >= 11 is 3.56. The Hall–Kier alpha value is -1.88. The number of amides is 1. The van der Waals surface area contributed by atoms with Crippen LogP contribution in [0.25, 0.3) is 0 Å². The smallest absolute Gasteiger partial charge is 0.410 e. The third-order valence-electron chi connectivity index (χ3n) is 7.13. The number of benzene rings is 2. The molecule has 0 N–H and O–H groups in total. The monoisotopic (exact) mass is 501 g/mol. The fraction of sp³-hybridized carbons (Fsp3) is 0.519. The molecule has 3 atom stereocenters. The van der Waals surface area contributed by atoms with Gasteiger partial charge in [0.1, 0.15) is 11.4 Å². The summed E-state index contributed by atoms with van der Waals surface area (Å²) in [6.45, 7) is 8.51. The lowest BCUT2D eigenvalue weighted by Crippen LogP contribution is -2.44. The van der Waals surface area contributed by atoms with Crippen molar-refractivity contribution in [3.8, 4) is 0 Å². The third kappa shape index (κ3) is 4.59. The molecule has 3 nitrogen and oxygen atoms in total. The van der Waals surface area contributed by atoms with Gasteiger partial charge >= 0.3 is 6.09 Å². The normalized spacial score (nSPS) is 26.5. The number of hydrogen-bond acceptors (Lipinski definition) is 2. The van der Waals surface area contributed by atoms with E-state index in [1.807, 2.05) is 37.8 Å². The van der Waals surface area contributed by atoms with Crippen molar-refractivity contribution in [1.82, 2.24) is 4.90 Å². The molecule has 1 heterocycles. The minimum Gasteiger partial charge on any atom is -0.444 e. The molecule has 2 aromatic carbocycles. The summed E-state index contributed by atoms with van der Waals surface area (Å²) in [5.41, 5.74) is 1.36. The van der Waals surface area contributed by atoms with E-state index < -0.39 is 5.60 Å². The maximum Gasteiger partial charge on any atom is 0.410 e. The van der Waals surface area contributed by atoms with Crippen LogP contribution in [0.5, 0.6) is 0 Å². The standard InChI is InChI=1S/C27H33BrFNO2/c1-26(2,3)32-25(31)30-17-27(4,20-11-15-22(29)16-12-20)23(18-9-13-21(28)14-10-18)24(30)19-7-5-6-8-19/h9-16,19,23-24H,5-8,17H2,1-4H3/t23-,24?,27-/m1/s1. The molecule has 2 aliphatic rings. The maximum atomic E-state index is 13.8. The zero-order valence-electron chi connectivity index (χ0n) is 19.4. The second kappa shape index (κ2) is 8.81. The minimum atomic E-state index is -0.556. The molecular weight excluding hydrogens is 469 g/mol. The summed E-state index contributed by atoms with van der Waals surface area (Å²) in [6, 6.07) is 15.3. The lowest BCUT2D eigenvalue weighted by molar-refractivity contribution is 0.0165. The van der Waals surface area contributed by atoms with Crippen molar-refractivity contribution in [3.63, 3.8) is 0 Å². The number of carbonyl (C=O) groups is 1. The fourth-order valence-electron chi connectivity index (χ4n) is 5.78. The van der Waals surface area contributed by atoms with Gasteiger partial charge in [-0.05, 0) is 74.9 Å². The van der Waals surface area contributed by atoms with Crippen molar-refractivity contribution in [1.29, 1.82) is 0 Å². The zero-order chi connectivity index (χ0) is 23.1. The van der Waals surface area contributed by atoms with Crippen LogP contribution in [0.1, 0.15) is 70.4 Å². The Bertz CT molecular complexity index is 947. The summed E-state index contributed by atoms with van der Waals surface area (Å²) in [5, 5.41) is 0. The predicted octanol–water partition coefficient (Wildman–Crippen LogP) is 7.44. The number of halogens is 2. The molecular formula is C27H33BrFNO2. The Labute approximate surface area is 199 Å². The molecule has 1 aliphatic carbocycles. The van der Waals surface area contributed by atoms with E-state index in [0.717, 1.165) is 22.9 Å². The second-order valence-electron chi connectivity index (χ2n) is 10.6. The Kier molecular flexibility index (Phi) is 6.41. The van der Waals surface area contributed by atoms with Crippen LogP contribution in [-0.2, 0) is 10.2 Å². The Morgan fingerprint density at radius 2 is 1.66 bits per heavy atom. The van der Waals surface area contributed by atoms with Gasteiger partial charge in [-0.3, -0.25) is 0 Å². The summed E-state index contributed by atoms with van der Waals surface area (Å²) in [6.07, 6.45) is 4.39. The second-order valence-corrected chi connectivity index (χ2v) is 11.5. The first-order valence-electron chi connectivity index (χ1n) is 11.6. The first kappa shape index (κ1) is 23.3. The van der Waals surface area contributed by atoms with Gasteiger partial charge in [0.2, 0.25) is 0 Å². The van der Waals surface area contributed by atoms with E-state index in [0.29, 0.717) is 12.5 Å². The van der Waals surface area contributed by atoms with Gasteiger partial charge < -0.3 is 9.64 Å². The van der Waals surface area contributed by atoms with Crippen molar-refractivity contribution < 1.29 is 13.9 Å². The van der Waals surface area contributed by atoms with Gasteiger partial charge in [0.05, 0.1) is 0 Å². The number of hydrogen-bond donors (Lipinski definition) is 0. The van der Waals surface area contributed by atoms with Crippen molar-refractivity contribution in [2.24, 2.45) is 5.92 Å². The summed E-state index contributed by atoms with van der Waals surface area (Å²) in [7, 11) is 0. The van der Waals surface area contributed by atoms with Crippen LogP contribution in [0.2, 0.25) is 0 Å². The highest BCUT2D eigenvalue weighted by Crippen LogP contribution is 2.53. The Morgan fingerprint density at radius 3 is 2.22 bits per heavy atom. The molecule has 0 aromatic heterocycles. The van der Waals surface area contributed by atoms with Crippen molar-refractivity contribution in [2.45, 2.75) is 76.4 Å². The van der Waals surface area contributed by atoms with E-state index in [-0.39, 0.29) is 29.3 Å². The molecule has 172 valence electrons. The van der Waals surface area contributed by atoms with E-state index in [2.05, 4.69) is 47.1 Å². The topological polar surface area (TPSA) is 29.5 Å². The van der Waals surface area contributed by atoms with Gasteiger partial charge in [0.15, 0.2) is 0 Å². The van der Waals surface area contributed by atoms with E-state index >= 15 is 0 Å². The van der Waals surface area contributed by atoms with Crippen LogP contribution >= 0.6 is 15.9 Å². The first-order valence-corrected chi connectivity index (χ1v) is 12.4. The molecule has 1 aliphatic heterocycles. The molecule has 1 saturated carbocycles. The van der Waals surface area contributed by atoms with Crippen LogP contribution < -0.4 is 0 Å². The van der Waals surface area contributed by atoms with Crippen molar-refractivity contribution >= 4 is 22.0 Å². The highest BCUT2D eigenvalue weighted by Gasteiger charge is 2.56. The molecule has 5 heteroatoms. The lowest BCUT2D eigenvalue weighted by atomic mass is 9.67. The lowest BCUT2D eigenvalue weighted by Gasteiger charge is -2.37. The van der Waals surface area contributed by atoms with Crippen molar-refractivity contribution in [3.05, 3.63) is 69.9 Å². The van der Waals surface area contributed by atoms with E-state index in [9.17, 15) is 9.18 Å². The van der Waals surface area contributed by atoms with Crippen LogP contribution in [-0.4, -0.2) is 29.2 Å². The first-order chi connectivity index (χ1) is 15.1. The van der Waals surface area contributed by atoms with Gasteiger partial charge in [-0.2, -0.15) is 0 Å².